The average molecular weight is 294 g/mol. The van der Waals surface area contributed by atoms with Gasteiger partial charge in [0.2, 0.25) is 0 Å². The lowest BCUT2D eigenvalue weighted by Gasteiger charge is -2.57. The first-order chi connectivity index (χ1) is 9.81. The summed E-state index contributed by atoms with van der Waals surface area (Å²) in [5.74, 6) is 1.28. The van der Waals surface area contributed by atoms with Crippen molar-refractivity contribution in [2.24, 2.45) is 22.7 Å². The number of rotatable bonds is 5. The first-order valence-corrected chi connectivity index (χ1v) is 8.72. The van der Waals surface area contributed by atoms with Gasteiger partial charge in [0.05, 0.1) is 6.61 Å². The SMILES string of the molecule is C=C1CC[C@@H]2C(C)(C)CCC[C@@]2(C)C1COC(C)OCC. The molecular formula is C19H34O2. The molecule has 21 heavy (non-hydrogen) atoms. The molecule has 2 rings (SSSR count). The Morgan fingerprint density at radius 1 is 1.24 bits per heavy atom. The maximum atomic E-state index is 5.99. The molecule has 0 bridgehead atoms. The van der Waals surface area contributed by atoms with Crippen LogP contribution in [0.4, 0.5) is 0 Å². The topological polar surface area (TPSA) is 18.5 Å². The van der Waals surface area contributed by atoms with Gasteiger partial charge in [0.25, 0.3) is 0 Å². The molecule has 122 valence electrons. The molecule has 2 unspecified atom stereocenters. The summed E-state index contributed by atoms with van der Waals surface area (Å²) in [5.41, 5.74) is 2.20. The van der Waals surface area contributed by atoms with Crippen LogP contribution in [0.2, 0.25) is 0 Å². The second-order valence-electron chi connectivity index (χ2n) is 8.01. The van der Waals surface area contributed by atoms with Gasteiger partial charge < -0.3 is 9.47 Å². The summed E-state index contributed by atoms with van der Waals surface area (Å²) in [4.78, 5) is 0. The van der Waals surface area contributed by atoms with Gasteiger partial charge in [-0.2, -0.15) is 0 Å². The average Bonchev–Trinajstić information content (AvgIpc) is 2.37. The minimum atomic E-state index is -0.108. The Morgan fingerprint density at radius 3 is 2.62 bits per heavy atom. The van der Waals surface area contributed by atoms with E-state index in [0.29, 0.717) is 23.4 Å². The summed E-state index contributed by atoms with van der Waals surface area (Å²) in [6, 6.07) is 0. The van der Waals surface area contributed by atoms with E-state index in [4.69, 9.17) is 9.47 Å². The molecule has 2 heteroatoms. The van der Waals surface area contributed by atoms with Crippen LogP contribution in [0.25, 0.3) is 0 Å². The van der Waals surface area contributed by atoms with Gasteiger partial charge in [0, 0.05) is 12.5 Å². The number of hydrogen-bond donors (Lipinski definition) is 0. The first-order valence-electron chi connectivity index (χ1n) is 8.72. The fourth-order valence-electron chi connectivity index (χ4n) is 5.10. The quantitative estimate of drug-likeness (QED) is 0.513. The van der Waals surface area contributed by atoms with E-state index >= 15 is 0 Å². The fourth-order valence-corrected chi connectivity index (χ4v) is 5.10. The smallest absolute Gasteiger partial charge is 0.154 e. The maximum Gasteiger partial charge on any atom is 0.154 e. The molecule has 0 radical (unpaired) electrons. The van der Waals surface area contributed by atoms with Crippen molar-refractivity contribution in [1.82, 2.24) is 0 Å². The van der Waals surface area contributed by atoms with Crippen molar-refractivity contribution in [2.45, 2.75) is 73.0 Å². The highest BCUT2D eigenvalue weighted by molar-refractivity contribution is 5.15. The van der Waals surface area contributed by atoms with Crippen LogP contribution in [0.3, 0.4) is 0 Å². The summed E-state index contributed by atoms with van der Waals surface area (Å²) in [5, 5.41) is 0. The van der Waals surface area contributed by atoms with Gasteiger partial charge in [0.15, 0.2) is 6.29 Å². The molecule has 4 atom stereocenters. The van der Waals surface area contributed by atoms with Crippen LogP contribution in [0.15, 0.2) is 12.2 Å². The van der Waals surface area contributed by atoms with Crippen LogP contribution in [0.1, 0.15) is 66.7 Å². The molecule has 0 aromatic rings. The Balaban J connectivity index is 2.12. The Labute approximate surface area is 131 Å². The van der Waals surface area contributed by atoms with Gasteiger partial charge in [-0.25, -0.2) is 0 Å². The zero-order valence-corrected chi connectivity index (χ0v) is 14.7. The summed E-state index contributed by atoms with van der Waals surface area (Å²) >= 11 is 0. The van der Waals surface area contributed by atoms with Crippen molar-refractivity contribution in [3.05, 3.63) is 12.2 Å². The van der Waals surface area contributed by atoms with E-state index in [1.54, 1.807) is 0 Å². The van der Waals surface area contributed by atoms with E-state index in [1.165, 1.54) is 37.7 Å². The first kappa shape index (κ1) is 17.0. The van der Waals surface area contributed by atoms with Gasteiger partial charge in [-0.1, -0.05) is 39.3 Å². The van der Waals surface area contributed by atoms with Crippen molar-refractivity contribution in [3.63, 3.8) is 0 Å². The molecule has 2 aliphatic carbocycles. The standard InChI is InChI=1S/C19H34O2/c1-7-20-15(3)21-13-16-14(2)9-10-17-18(4,5)11-8-12-19(16,17)6/h15-17H,2,7-13H2,1,3-6H3/t15?,16?,17-,19+/m1/s1. The molecule has 0 heterocycles. The molecule has 0 aromatic heterocycles. The van der Waals surface area contributed by atoms with E-state index in [2.05, 4.69) is 27.4 Å². The van der Waals surface area contributed by atoms with E-state index in [1.807, 2.05) is 13.8 Å². The highest BCUT2D eigenvalue weighted by atomic mass is 16.7. The third-order valence-electron chi connectivity index (χ3n) is 6.22. The van der Waals surface area contributed by atoms with Crippen molar-refractivity contribution < 1.29 is 9.47 Å². The minimum Gasteiger partial charge on any atom is -0.353 e. The normalized spacial score (nSPS) is 37.1. The zero-order chi connectivity index (χ0) is 15.7. The van der Waals surface area contributed by atoms with Crippen molar-refractivity contribution in [1.29, 1.82) is 0 Å². The lowest BCUT2D eigenvalue weighted by atomic mass is 9.48. The summed E-state index contributed by atoms with van der Waals surface area (Å²) < 4.78 is 11.5. The molecule has 0 amide bonds. The second kappa shape index (κ2) is 6.42. The monoisotopic (exact) mass is 294 g/mol. The molecular weight excluding hydrogens is 260 g/mol. The van der Waals surface area contributed by atoms with Crippen LogP contribution in [0, 0.1) is 22.7 Å². The van der Waals surface area contributed by atoms with Gasteiger partial charge in [-0.3, -0.25) is 0 Å². The van der Waals surface area contributed by atoms with Crippen molar-refractivity contribution in [3.8, 4) is 0 Å². The lowest BCUT2D eigenvalue weighted by molar-refractivity contribution is -0.155. The summed E-state index contributed by atoms with van der Waals surface area (Å²) in [6.45, 7) is 17.3. The third-order valence-corrected chi connectivity index (χ3v) is 6.22. The molecule has 0 saturated heterocycles. The Kier molecular flexibility index (Phi) is 5.20. The Morgan fingerprint density at radius 2 is 1.95 bits per heavy atom. The van der Waals surface area contributed by atoms with Gasteiger partial charge >= 0.3 is 0 Å². The van der Waals surface area contributed by atoms with Crippen LogP contribution in [0.5, 0.6) is 0 Å². The Hall–Kier alpha value is -0.340. The van der Waals surface area contributed by atoms with Crippen LogP contribution < -0.4 is 0 Å². The van der Waals surface area contributed by atoms with Crippen molar-refractivity contribution >= 4 is 0 Å². The molecule has 2 aliphatic rings. The summed E-state index contributed by atoms with van der Waals surface area (Å²) in [7, 11) is 0. The molecule has 0 aromatic carbocycles. The summed E-state index contributed by atoms with van der Waals surface area (Å²) in [6.07, 6.45) is 6.38. The third kappa shape index (κ3) is 3.37. The largest absolute Gasteiger partial charge is 0.353 e. The van der Waals surface area contributed by atoms with Gasteiger partial charge in [-0.05, 0) is 56.3 Å². The molecule has 0 N–H and O–H groups in total. The second-order valence-corrected chi connectivity index (χ2v) is 8.01. The van der Waals surface area contributed by atoms with Gasteiger partial charge in [-0.15, -0.1) is 0 Å². The van der Waals surface area contributed by atoms with E-state index in [-0.39, 0.29) is 6.29 Å². The predicted octanol–water partition coefficient (Wildman–Crippen LogP) is 5.18. The van der Waals surface area contributed by atoms with E-state index in [0.717, 1.165) is 12.5 Å². The van der Waals surface area contributed by atoms with Gasteiger partial charge in [0.1, 0.15) is 0 Å². The fraction of sp³-hybridized carbons (Fsp3) is 0.895. The number of hydrogen-bond acceptors (Lipinski definition) is 2. The van der Waals surface area contributed by atoms with Crippen LogP contribution in [-0.2, 0) is 9.47 Å². The number of ether oxygens (including phenoxy) is 2. The molecule has 2 saturated carbocycles. The van der Waals surface area contributed by atoms with Crippen LogP contribution >= 0.6 is 0 Å². The minimum absolute atomic E-state index is 0.108. The number of fused-ring (bicyclic) bond motifs is 1. The Bertz CT molecular complexity index is 374. The molecule has 2 fully saturated rings. The van der Waals surface area contributed by atoms with Crippen molar-refractivity contribution in [2.75, 3.05) is 13.2 Å². The van der Waals surface area contributed by atoms with Crippen LogP contribution in [-0.4, -0.2) is 19.5 Å². The zero-order valence-electron chi connectivity index (χ0n) is 14.7. The molecule has 0 aliphatic heterocycles. The van der Waals surface area contributed by atoms with E-state index in [9.17, 15) is 0 Å². The molecule has 2 nitrogen and oxygen atoms in total. The maximum absolute atomic E-state index is 5.99. The predicted molar refractivity (Wildman–Crippen MR) is 88.1 cm³/mol. The molecule has 0 spiro atoms. The highest BCUT2D eigenvalue weighted by Gasteiger charge is 2.52. The lowest BCUT2D eigenvalue weighted by Crippen LogP contribution is -2.50. The van der Waals surface area contributed by atoms with E-state index < -0.39 is 0 Å². The highest BCUT2D eigenvalue weighted by Crippen LogP contribution is 2.60.